The maximum atomic E-state index is 12.4. The average Bonchev–Trinajstić information content (AvgIpc) is 2.04. The molecule has 0 aliphatic rings. The molecule has 0 N–H and O–H groups in total. The largest absolute Gasteiger partial charge is 0.331 e. The molecule has 1 rings (SSSR count). The van der Waals surface area contributed by atoms with Gasteiger partial charge in [0.05, 0.1) is 21.8 Å². The predicted octanol–water partition coefficient (Wildman–Crippen LogP) is 3.30. The maximum absolute atomic E-state index is 12.4. The van der Waals surface area contributed by atoms with Gasteiger partial charge in [0, 0.05) is 0 Å². The van der Waals surface area contributed by atoms with Crippen molar-refractivity contribution in [2.45, 2.75) is 0 Å². The molecule has 2 nitrogen and oxygen atoms in total. The van der Waals surface area contributed by atoms with Crippen molar-refractivity contribution in [3.05, 3.63) is 30.1 Å². The molecule has 1 amide bonds. The van der Waals surface area contributed by atoms with Crippen LogP contribution in [-0.2, 0) is 0 Å². The molecular formula is C7H4BrClFNO. The monoisotopic (exact) mass is 251 g/mol. The minimum atomic E-state index is -0.679. The van der Waals surface area contributed by atoms with Gasteiger partial charge in [0.15, 0.2) is 0 Å². The second-order valence-electron chi connectivity index (χ2n) is 2.01. The maximum Gasteiger partial charge on any atom is 0.331 e. The number of benzene rings is 1. The topological polar surface area (TPSA) is 20.3 Å². The van der Waals surface area contributed by atoms with Crippen LogP contribution in [0.25, 0.3) is 0 Å². The number of halogens is 3. The van der Waals surface area contributed by atoms with E-state index >= 15 is 0 Å². The quantitative estimate of drug-likeness (QED) is 0.427. The Morgan fingerprint density at radius 3 is 2.33 bits per heavy atom. The Morgan fingerprint density at radius 1 is 1.42 bits per heavy atom. The average molecular weight is 252 g/mol. The standard InChI is InChI=1S/C7H4BrClFNO/c8-11(7(9)12)6-3-1-5(10)2-4-6/h1-4H. The molecule has 0 aliphatic heterocycles. The van der Waals surface area contributed by atoms with Crippen molar-refractivity contribution in [1.82, 2.24) is 0 Å². The van der Waals surface area contributed by atoms with E-state index in [-0.39, 0.29) is 5.82 Å². The number of rotatable bonds is 1. The molecule has 0 fully saturated rings. The number of nitrogens with zero attached hydrogens (tertiary/aromatic N) is 1. The van der Waals surface area contributed by atoms with E-state index < -0.39 is 5.37 Å². The van der Waals surface area contributed by atoms with Crippen LogP contribution < -0.4 is 3.93 Å². The van der Waals surface area contributed by atoms with Gasteiger partial charge in [-0.1, -0.05) is 0 Å². The lowest BCUT2D eigenvalue weighted by Crippen LogP contribution is -2.11. The molecule has 0 saturated carbocycles. The first-order valence-corrected chi connectivity index (χ1v) is 4.11. The molecule has 0 unspecified atom stereocenters. The van der Waals surface area contributed by atoms with Crippen LogP contribution in [-0.4, -0.2) is 5.37 Å². The van der Waals surface area contributed by atoms with E-state index in [2.05, 4.69) is 16.1 Å². The Morgan fingerprint density at radius 2 is 1.92 bits per heavy atom. The Kier molecular flexibility index (Phi) is 3.05. The molecule has 0 aliphatic carbocycles. The Hall–Kier alpha value is -0.610. The molecule has 0 aromatic heterocycles. The highest BCUT2D eigenvalue weighted by atomic mass is 79.9. The lowest BCUT2D eigenvalue weighted by molar-refractivity contribution is 0.267. The van der Waals surface area contributed by atoms with Crippen LogP contribution in [0.2, 0.25) is 0 Å². The first-order valence-electron chi connectivity index (χ1n) is 3.02. The summed E-state index contributed by atoms with van der Waals surface area (Å²) in [4.78, 5) is 10.6. The lowest BCUT2D eigenvalue weighted by atomic mass is 10.3. The second kappa shape index (κ2) is 3.87. The van der Waals surface area contributed by atoms with Crippen molar-refractivity contribution in [2.24, 2.45) is 0 Å². The molecule has 0 bridgehead atoms. The van der Waals surface area contributed by atoms with E-state index in [0.29, 0.717) is 5.69 Å². The second-order valence-corrected chi connectivity index (χ2v) is 3.04. The number of amides is 1. The van der Waals surface area contributed by atoms with Gasteiger partial charge in [0.2, 0.25) is 0 Å². The van der Waals surface area contributed by atoms with Gasteiger partial charge in [-0.15, -0.1) is 0 Å². The predicted molar refractivity (Wildman–Crippen MR) is 49.1 cm³/mol. The van der Waals surface area contributed by atoms with Crippen LogP contribution in [0.15, 0.2) is 24.3 Å². The van der Waals surface area contributed by atoms with Crippen molar-refractivity contribution in [1.29, 1.82) is 0 Å². The van der Waals surface area contributed by atoms with E-state index in [9.17, 15) is 9.18 Å². The minimum absolute atomic E-state index is 0.360. The summed E-state index contributed by atoms with van der Waals surface area (Å²) in [6, 6.07) is 5.35. The van der Waals surface area contributed by atoms with Crippen LogP contribution in [0.3, 0.4) is 0 Å². The van der Waals surface area contributed by atoms with Crippen molar-refractivity contribution < 1.29 is 9.18 Å². The summed E-state index contributed by atoms with van der Waals surface area (Å²) < 4.78 is 13.4. The summed E-state index contributed by atoms with van der Waals surface area (Å²) in [7, 11) is 0. The van der Waals surface area contributed by atoms with E-state index in [1.165, 1.54) is 24.3 Å². The van der Waals surface area contributed by atoms with Crippen molar-refractivity contribution in [2.75, 3.05) is 3.93 Å². The van der Waals surface area contributed by atoms with Gasteiger partial charge in [-0.2, -0.15) is 0 Å². The lowest BCUT2D eigenvalue weighted by Gasteiger charge is -2.09. The fraction of sp³-hybridized carbons (Fsp3) is 0. The van der Waals surface area contributed by atoms with Crippen molar-refractivity contribution in [3.63, 3.8) is 0 Å². The van der Waals surface area contributed by atoms with Gasteiger partial charge >= 0.3 is 5.37 Å². The van der Waals surface area contributed by atoms with Crippen LogP contribution in [0.4, 0.5) is 14.9 Å². The summed E-state index contributed by atoms with van der Waals surface area (Å²) in [5, 5.41) is -0.679. The van der Waals surface area contributed by atoms with Crippen LogP contribution in [0.1, 0.15) is 0 Å². The molecule has 64 valence electrons. The summed E-state index contributed by atoms with van der Waals surface area (Å²) in [6.07, 6.45) is 0. The van der Waals surface area contributed by atoms with Gasteiger partial charge in [0.1, 0.15) is 5.82 Å². The van der Waals surface area contributed by atoms with Gasteiger partial charge in [-0.3, -0.25) is 4.79 Å². The fourth-order valence-corrected chi connectivity index (χ4v) is 1.01. The van der Waals surface area contributed by atoms with Crippen molar-refractivity contribution >= 4 is 38.8 Å². The number of carbonyl (C=O) groups is 1. The number of anilines is 1. The highest BCUT2D eigenvalue weighted by Crippen LogP contribution is 2.19. The zero-order valence-corrected chi connectivity index (χ0v) is 8.14. The normalized spacial score (nSPS) is 9.58. The molecule has 5 heteroatoms. The summed E-state index contributed by atoms with van der Waals surface area (Å²) in [5.74, 6) is -0.360. The first-order chi connectivity index (χ1) is 5.61. The molecular weight excluding hydrogens is 248 g/mol. The highest BCUT2D eigenvalue weighted by Gasteiger charge is 2.08. The molecule has 0 atom stereocenters. The van der Waals surface area contributed by atoms with E-state index in [1.807, 2.05) is 0 Å². The molecule has 0 heterocycles. The zero-order chi connectivity index (χ0) is 9.14. The SMILES string of the molecule is O=C(Cl)N(Br)c1ccc(F)cc1. The molecule has 0 radical (unpaired) electrons. The number of hydrogen-bond acceptors (Lipinski definition) is 1. The molecule has 1 aromatic carbocycles. The molecule has 0 spiro atoms. The Bertz CT molecular complexity index is 290. The van der Waals surface area contributed by atoms with E-state index in [1.54, 1.807) is 0 Å². The van der Waals surface area contributed by atoms with Crippen LogP contribution >= 0.6 is 27.7 Å². The van der Waals surface area contributed by atoms with Crippen LogP contribution in [0, 0.1) is 5.82 Å². The van der Waals surface area contributed by atoms with Gasteiger partial charge in [-0.25, -0.2) is 8.32 Å². The number of hydrogen-bond donors (Lipinski definition) is 0. The Balaban J connectivity index is 2.89. The van der Waals surface area contributed by atoms with Gasteiger partial charge in [-0.05, 0) is 35.9 Å². The third-order valence-electron chi connectivity index (χ3n) is 1.21. The molecule has 0 saturated heterocycles. The fourth-order valence-electron chi connectivity index (χ4n) is 0.673. The Labute approximate surface area is 82.3 Å². The minimum Gasteiger partial charge on any atom is -0.254 e. The smallest absolute Gasteiger partial charge is 0.254 e. The first kappa shape index (κ1) is 9.48. The van der Waals surface area contributed by atoms with Crippen molar-refractivity contribution in [3.8, 4) is 0 Å². The van der Waals surface area contributed by atoms with Gasteiger partial charge < -0.3 is 0 Å². The highest BCUT2D eigenvalue weighted by molar-refractivity contribution is 9.10. The summed E-state index contributed by atoms with van der Waals surface area (Å²) >= 11 is 8.05. The third kappa shape index (κ3) is 2.19. The van der Waals surface area contributed by atoms with Gasteiger partial charge in [0.25, 0.3) is 0 Å². The summed E-state index contributed by atoms with van der Waals surface area (Å²) in [6.45, 7) is 0. The molecule has 1 aromatic rings. The molecule has 12 heavy (non-hydrogen) atoms. The van der Waals surface area contributed by atoms with E-state index in [0.717, 1.165) is 3.93 Å². The zero-order valence-electron chi connectivity index (χ0n) is 5.80. The third-order valence-corrected chi connectivity index (χ3v) is 2.31. The number of carbonyl (C=O) groups excluding carboxylic acids is 1. The van der Waals surface area contributed by atoms with Crippen LogP contribution in [0.5, 0.6) is 0 Å². The van der Waals surface area contributed by atoms with E-state index in [4.69, 9.17) is 11.6 Å². The summed E-state index contributed by atoms with van der Waals surface area (Å²) in [5.41, 5.74) is 0.483.